The van der Waals surface area contributed by atoms with Gasteiger partial charge in [-0.05, 0) is 43.3 Å². The highest BCUT2D eigenvalue weighted by atomic mass is 19.1. The number of hydrogen-bond donors (Lipinski definition) is 2. The van der Waals surface area contributed by atoms with Crippen molar-refractivity contribution in [1.29, 1.82) is 0 Å². The topological polar surface area (TPSA) is 40.5 Å². The average Bonchev–Trinajstić information content (AvgIpc) is 2.20. The summed E-state index contributed by atoms with van der Waals surface area (Å²) < 4.78 is 13.2. The molecule has 4 heteroatoms. The van der Waals surface area contributed by atoms with Crippen LogP contribution in [0.1, 0.15) is 26.2 Å². The summed E-state index contributed by atoms with van der Waals surface area (Å²) in [5, 5.41) is 18.0. The quantitative estimate of drug-likeness (QED) is 0.628. The van der Waals surface area contributed by atoms with Crippen LogP contribution >= 0.6 is 0 Å². The summed E-state index contributed by atoms with van der Waals surface area (Å²) in [5.74, 6) is -0.279. The fraction of sp³-hybridized carbons (Fsp3) is 0.400. The lowest BCUT2D eigenvalue weighted by atomic mass is 9.77. The van der Waals surface area contributed by atoms with Gasteiger partial charge in [0, 0.05) is 0 Å². The maximum Gasteiger partial charge on any atom is 0.488 e. The van der Waals surface area contributed by atoms with Crippen molar-refractivity contribution < 1.29 is 14.4 Å². The highest BCUT2D eigenvalue weighted by Gasteiger charge is 2.13. The van der Waals surface area contributed by atoms with Crippen molar-refractivity contribution in [1.82, 2.24) is 0 Å². The normalized spacial score (nSPS) is 29.6. The first-order valence-corrected chi connectivity index (χ1v) is 4.72. The Bertz CT molecular complexity index is 292. The number of allylic oxidation sites excluding steroid dienone is 6. The van der Waals surface area contributed by atoms with Gasteiger partial charge in [0.05, 0.1) is 0 Å². The zero-order valence-corrected chi connectivity index (χ0v) is 8.20. The van der Waals surface area contributed by atoms with Crippen LogP contribution in [0.4, 0.5) is 4.39 Å². The van der Waals surface area contributed by atoms with E-state index in [-0.39, 0.29) is 5.83 Å². The third-order valence-corrected chi connectivity index (χ3v) is 2.17. The predicted molar refractivity (Wildman–Crippen MR) is 55.1 cm³/mol. The molecule has 0 unspecified atom stereocenters. The molecule has 0 fully saturated rings. The molecular weight excluding hydrogens is 182 g/mol. The van der Waals surface area contributed by atoms with Gasteiger partial charge in [-0.25, -0.2) is 4.39 Å². The van der Waals surface area contributed by atoms with E-state index in [1.54, 1.807) is 13.0 Å². The molecule has 1 rings (SSSR count). The molecule has 14 heavy (non-hydrogen) atoms. The van der Waals surface area contributed by atoms with Crippen LogP contribution in [0.25, 0.3) is 0 Å². The molecular formula is C10H14BFO2. The molecule has 1 aliphatic carbocycles. The molecule has 0 heterocycles. The van der Waals surface area contributed by atoms with E-state index in [9.17, 15) is 4.39 Å². The summed E-state index contributed by atoms with van der Waals surface area (Å²) >= 11 is 0. The summed E-state index contributed by atoms with van der Waals surface area (Å²) in [6.07, 6.45) is 6.99. The summed E-state index contributed by atoms with van der Waals surface area (Å²) in [5.41, 5.74) is 0.805. The van der Waals surface area contributed by atoms with Crippen LogP contribution in [-0.2, 0) is 0 Å². The number of halogens is 1. The minimum Gasteiger partial charge on any atom is -0.423 e. The second-order valence-electron chi connectivity index (χ2n) is 3.39. The highest BCUT2D eigenvalue weighted by molar-refractivity contribution is 6.51. The van der Waals surface area contributed by atoms with Crippen molar-refractivity contribution in [3.05, 3.63) is 35.1 Å². The second-order valence-corrected chi connectivity index (χ2v) is 3.39. The maximum absolute atomic E-state index is 13.2. The Morgan fingerprint density at radius 1 is 1.29 bits per heavy atom. The van der Waals surface area contributed by atoms with Crippen molar-refractivity contribution in [2.75, 3.05) is 0 Å². The predicted octanol–water partition coefficient (Wildman–Crippen LogP) is 1.91. The Balaban J connectivity index is 2.95. The van der Waals surface area contributed by atoms with Crippen LogP contribution in [0.5, 0.6) is 0 Å². The maximum atomic E-state index is 13.2. The van der Waals surface area contributed by atoms with Crippen LogP contribution in [0, 0.1) is 0 Å². The van der Waals surface area contributed by atoms with Gasteiger partial charge in [-0.2, -0.15) is 0 Å². The first-order valence-electron chi connectivity index (χ1n) is 4.72. The van der Waals surface area contributed by atoms with Gasteiger partial charge in [0.15, 0.2) is 0 Å². The zero-order valence-electron chi connectivity index (χ0n) is 8.20. The van der Waals surface area contributed by atoms with Crippen LogP contribution in [0.2, 0.25) is 0 Å². The van der Waals surface area contributed by atoms with Gasteiger partial charge in [0.2, 0.25) is 0 Å². The molecule has 0 spiro atoms. The molecule has 0 atom stereocenters. The zero-order chi connectivity index (χ0) is 10.6. The van der Waals surface area contributed by atoms with Gasteiger partial charge in [-0.1, -0.05) is 12.2 Å². The first kappa shape index (κ1) is 11.2. The largest absolute Gasteiger partial charge is 0.488 e. The molecule has 0 bridgehead atoms. The summed E-state index contributed by atoms with van der Waals surface area (Å²) in [6.45, 7) is 1.62. The van der Waals surface area contributed by atoms with E-state index >= 15 is 0 Å². The molecule has 0 aromatic heterocycles. The summed E-state index contributed by atoms with van der Waals surface area (Å²) in [7, 11) is -1.52. The Hall–Kier alpha value is -0.865. The lowest BCUT2D eigenvalue weighted by molar-refractivity contribution is 0.420. The van der Waals surface area contributed by atoms with Crippen LogP contribution < -0.4 is 0 Å². The van der Waals surface area contributed by atoms with Gasteiger partial charge in [-0.15, -0.1) is 0 Å². The van der Waals surface area contributed by atoms with Crippen molar-refractivity contribution in [3.63, 3.8) is 0 Å². The molecule has 1 aliphatic rings. The lowest BCUT2D eigenvalue weighted by Crippen LogP contribution is -2.14. The van der Waals surface area contributed by atoms with E-state index < -0.39 is 7.12 Å². The summed E-state index contributed by atoms with van der Waals surface area (Å²) in [4.78, 5) is 0. The van der Waals surface area contributed by atoms with Crippen molar-refractivity contribution in [3.8, 4) is 0 Å². The van der Waals surface area contributed by atoms with Crippen molar-refractivity contribution in [2.45, 2.75) is 26.2 Å². The van der Waals surface area contributed by atoms with Crippen LogP contribution in [0.3, 0.4) is 0 Å². The van der Waals surface area contributed by atoms with Gasteiger partial charge >= 0.3 is 7.12 Å². The Labute approximate surface area is 83.6 Å². The monoisotopic (exact) mass is 196 g/mol. The molecule has 0 saturated heterocycles. The van der Waals surface area contributed by atoms with E-state index in [1.165, 1.54) is 12.2 Å². The van der Waals surface area contributed by atoms with E-state index in [1.807, 2.05) is 0 Å². The third kappa shape index (κ3) is 3.12. The molecule has 0 aliphatic heterocycles. The first-order chi connectivity index (χ1) is 6.61. The minimum absolute atomic E-state index is 0.279. The van der Waals surface area contributed by atoms with E-state index in [0.29, 0.717) is 17.5 Å². The molecule has 76 valence electrons. The molecule has 0 aromatic carbocycles. The van der Waals surface area contributed by atoms with Gasteiger partial charge in [-0.3, -0.25) is 0 Å². The Morgan fingerprint density at radius 2 is 1.93 bits per heavy atom. The molecule has 0 radical (unpaired) electrons. The molecule has 0 aromatic rings. The molecule has 2 N–H and O–H groups in total. The summed E-state index contributed by atoms with van der Waals surface area (Å²) in [6, 6.07) is 0. The van der Waals surface area contributed by atoms with E-state index in [2.05, 4.69) is 0 Å². The van der Waals surface area contributed by atoms with Gasteiger partial charge in [0.1, 0.15) is 5.83 Å². The van der Waals surface area contributed by atoms with Gasteiger partial charge in [0.25, 0.3) is 0 Å². The Kier molecular flexibility index (Phi) is 4.10. The molecule has 0 amide bonds. The van der Waals surface area contributed by atoms with E-state index in [0.717, 1.165) is 12.8 Å². The minimum atomic E-state index is -1.52. The van der Waals surface area contributed by atoms with Gasteiger partial charge < -0.3 is 10.0 Å². The SMILES string of the molecule is CC1=C/C(B(O)O)=C\CCC\C=C\1F. The standard InChI is InChI=1S/C10H14BFO2/c1-8-7-9(11(13)14)5-3-2-4-6-10(8)12/h5-7,13-14H,2-4H2,1H3/b8-7-,9-5+,10-6-. The van der Waals surface area contributed by atoms with Crippen molar-refractivity contribution >= 4 is 7.12 Å². The fourth-order valence-corrected chi connectivity index (χ4v) is 1.33. The number of hydrogen-bond acceptors (Lipinski definition) is 2. The Morgan fingerprint density at radius 3 is 2.57 bits per heavy atom. The lowest BCUT2D eigenvalue weighted by Gasteiger charge is -2.01. The highest BCUT2D eigenvalue weighted by Crippen LogP contribution is 2.18. The molecule has 2 nitrogen and oxygen atoms in total. The average molecular weight is 196 g/mol. The van der Waals surface area contributed by atoms with Crippen LogP contribution in [-0.4, -0.2) is 17.2 Å². The molecule has 0 saturated carbocycles. The third-order valence-electron chi connectivity index (χ3n) is 2.17. The van der Waals surface area contributed by atoms with Crippen molar-refractivity contribution in [2.24, 2.45) is 0 Å². The van der Waals surface area contributed by atoms with E-state index in [4.69, 9.17) is 10.0 Å². The second kappa shape index (κ2) is 5.12. The van der Waals surface area contributed by atoms with Crippen LogP contribution in [0.15, 0.2) is 35.1 Å². The number of rotatable bonds is 1. The smallest absolute Gasteiger partial charge is 0.423 e. The fourth-order valence-electron chi connectivity index (χ4n) is 1.33.